The van der Waals surface area contributed by atoms with Crippen molar-refractivity contribution in [2.75, 3.05) is 13.3 Å². The van der Waals surface area contributed by atoms with Crippen molar-refractivity contribution in [2.45, 2.75) is 103 Å². The van der Waals surface area contributed by atoms with Crippen LogP contribution in [0.2, 0.25) is 0 Å². The fourth-order valence-corrected chi connectivity index (χ4v) is 4.28. The van der Waals surface area contributed by atoms with Crippen LogP contribution in [0, 0.1) is 0 Å². The molecular weight excluding hydrogens is 563 g/mol. The first-order valence-corrected chi connectivity index (χ1v) is 12.3. The first-order valence-electron chi connectivity index (χ1n) is 12.3. The molecule has 2 aliphatic heterocycles. The van der Waals surface area contributed by atoms with Crippen LogP contribution in [0.3, 0.4) is 0 Å². The highest BCUT2D eigenvalue weighted by Crippen LogP contribution is 2.34. The third-order valence-corrected chi connectivity index (χ3v) is 5.60. The van der Waals surface area contributed by atoms with Crippen molar-refractivity contribution in [1.82, 2.24) is 0 Å². The molecule has 0 spiro atoms. The lowest BCUT2D eigenvalue weighted by Gasteiger charge is -2.48. The predicted molar refractivity (Wildman–Crippen MR) is 125 cm³/mol. The molecule has 0 saturated carbocycles. The topological polar surface area (TPSA) is 206 Å². The van der Waals surface area contributed by atoms with E-state index in [0.29, 0.717) is 0 Å². The zero-order valence-electron chi connectivity index (χ0n) is 23.1. The highest BCUT2D eigenvalue weighted by Gasteiger charge is 2.57. The Morgan fingerprint density at radius 3 is 1.49 bits per heavy atom. The van der Waals surface area contributed by atoms with Crippen LogP contribution < -0.4 is 0 Å². The molecule has 0 aromatic heterocycles. The van der Waals surface area contributed by atoms with E-state index in [1.807, 2.05) is 0 Å². The molecule has 2 aliphatic rings. The SMILES string of the molecule is CC(=O)OC[C@H]1O[C@@H](O)[C@H](OC(C)=O)[C@@H](OC(C)=O)[C@@H]1O[C@@H]1O[C@H](CF)[C@H](OC(C)=O)[C@H](OC(C)=O)[C@H]1OC(C)=O. The van der Waals surface area contributed by atoms with Gasteiger partial charge in [0.2, 0.25) is 0 Å². The number of carbonyl (C=O) groups excluding carboxylic acids is 6. The molecule has 17 heteroatoms. The Kier molecular flexibility index (Phi) is 12.4. The second-order valence-electron chi connectivity index (χ2n) is 9.04. The molecule has 0 unspecified atom stereocenters. The lowest BCUT2D eigenvalue weighted by Crippen LogP contribution is -2.66. The Labute approximate surface area is 233 Å². The number of rotatable bonds is 10. The van der Waals surface area contributed by atoms with Gasteiger partial charge in [-0.1, -0.05) is 0 Å². The number of ether oxygens (including phenoxy) is 9. The highest BCUT2D eigenvalue weighted by atomic mass is 19.1. The molecule has 16 nitrogen and oxygen atoms in total. The molecular formula is C24H33FO16. The zero-order chi connectivity index (χ0) is 31.0. The van der Waals surface area contributed by atoms with Gasteiger partial charge in [-0.05, 0) is 0 Å². The van der Waals surface area contributed by atoms with Gasteiger partial charge in [-0.2, -0.15) is 0 Å². The Hall–Kier alpha value is -3.41. The molecule has 0 aliphatic carbocycles. The highest BCUT2D eigenvalue weighted by molar-refractivity contribution is 5.69. The summed E-state index contributed by atoms with van der Waals surface area (Å²) in [4.78, 5) is 71.0. The number of hydrogen-bond donors (Lipinski definition) is 1. The summed E-state index contributed by atoms with van der Waals surface area (Å²) < 4.78 is 62.2. The number of esters is 6. The molecule has 0 aromatic rings. The van der Waals surface area contributed by atoms with Gasteiger partial charge >= 0.3 is 35.8 Å². The molecule has 232 valence electrons. The fourth-order valence-electron chi connectivity index (χ4n) is 4.28. The van der Waals surface area contributed by atoms with E-state index < -0.39 is 111 Å². The smallest absolute Gasteiger partial charge is 0.303 e. The summed E-state index contributed by atoms with van der Waals surface area (Å²) in [7, 11) is 0. The summed E-state index contributed by atoms with van der Waals surface area (Å²) in [5.41, 5.74) is 0. The quantitative estimate of drug-likeness (QED) is 0.237. The van der Waals surface area contributed by atoms with Crippen LogP contribution in [0.15, 0.2) is 0 Å². The molecule has 1 N–H and O–H groups in total. The average Bonchev–Trinajstić information content (AvgIpc) is 2.83. The summed E-state index contributed by atoms with van der Waals surface area (Å²) in [6.45, 7) is 4.18. The number of aliphatic hydroxyl groups is 1. The van der Waals surface area contributed by atoms with E-state index in [1.54, 1.807) is 0 Å². The van der Waals surface area contributed by atoms with E-state index in [4.69, 9.17) is 42.6 Å². The fraction of sp³-hybridized carbons (Fsp3) is 0.750. The van der Waals surface area contributed by atoms with Crippen molar-refractivity contribution in [2.24, 2.45) is 0 Å². The van der Waals surface area contributed by atoms with Crippen molar-refractivity contribution in [3.8, 4) is 0 Å². The van der Waals surface area contributed by atoms with Gasteiger partial charge in [-0.3, -0.25) is 28.8 Å². The maximum atomic E-state index is 14.2. The first kappa shape index (κ1) is 33.8. The van der Waals surface area contributed by atoms with E-state index >= 15 is 0 Å². The Morgan fingerprint density at radius 2 is 1.02 bits per heavy atom. The average molecular weight is 597 g/mol. The lowest BCUT2D eigenvalue weighted by molar-refractivity contribution is -0.356. The van der Waals surface area contributed by atoms with Crippen molar-refractivity contribution in [1.29, 1.82) is 0 Å². The zero-order valence-corrected chi connectivity index (χ0v) is 23.1. The summed E-state index contributed by atoms with van der Waals surface area (Å²) in [6, 6.07) is 0. The number of halogens is 1. The summed E-state index contributed by atoms with van der Waals surface area (Å²) >= 11 is 0. The van der Waals surface area contributed by atoms with Crippen LogP contribution in [-0.2, 0) is 71.4 Å². The molecule has 2 rings (SSSR count). The molecule has 0 bridgehead atoms. The molecule has 0 radical (unpaired) electrons. The lowest BCUT2D eigenvalue weighted by atomic mass is 9.96. The minimum Gasteiger partial charge on any atom is -0.463 e. The second-order valence-corrected chi connectivity index (χ2v) is 9.04. The molecule has 0 amide bonds. The van der Waals surface area contributed by atoms with Gasteiger partial charge in [0.1, 0.15) is 31.6 Å². The van der Waals surface area contributed by atoms with Crippen molar-refractivity contribution >= 4 is 35.8 Å². The third kappa shape index (κ3) is 9.58. The van der Waals surface area contributed by atoms with Gasteiger partial charge in [-0.15, -0.1) is 0 Å². The maximum Gasteiger partial charge on any atom is 0.303 e. The van der Waals surface area contributed by atoms with Crippen molar-refractivity contribution in [3.63, 3.8) is 0 Å². The molecule has 2 fully saturated rings. The van der Waals surface area contributed by atoms with Crippen LogP contribution in [0.5, 0.6) is 0 Å². The van der Waals surface area contributed by atoms with E-state index in [9.17, 15) is 38.3 Å². The van der Waals surface area contributed by atoms with E-state index in [0.717, 1.165) is 41.5 Å². The largest absolute Gasteiger partial charge is 0.463 e. The standard InChI is InChI=1S/C24H33FO16/c1-9(26)33-8-16-18(19(35-11(3)28)21(23(32)39-16)37-13(5)30)41-24-22(38-14(6)31)20(36-12(4)29)17(34-10(2)27)15(7-25)40-24/h15-24,32H,7-8H2,1-6H3/t15-,16-,17+,18-,19+,20+,21-,22-,23-,24+/m1/s1. The molecule has 41 heavy (non-hydrogen) atoms. The van der Waals surface area contributed by atoms with Gasteiger partial charge < -0.3 is 47.7 Å². The van der Waals surface area contributed by atoms with E-state index in [-0.39, 0.29) is 0 Å². The number of aliphatic hydroxyl groups excluding tert-OH is 1. The summed E-state index contributed by atoms with van der Waals surface area (Å²) in [5.74, 6) is -5.36. The first-order chi connectivity index (χ1) is 19.1. The number of carbonyl (C=O) groups is 6. The molecule has 2 heterocycles. The summed E-state index contributed by atoms with van der Waals surface area (Å²) in [5, 5.41) is 10.5. The van der Waals surface area contributed by atoms with E-state index in [2.05, 4.69) is 0 Å². The van der Waals surface area contributed by atoms with Crippen molar-refractivity contribution < 1.29 is 80.9 Å². The van der Waals surface area contributed by atoms with Gasteiger partial charge in [0.25, 0.3) is 0 Å². The summed E-state index contributed by atoms with van der Waals surface area (Å²) in [6.07, 6.45) is -16.7. The monoisotopic (exact) mass is 596 g/mol. The predicted octanol–water partition coefficient (Wildman–Crippen LogP) is -0.995. The molecule has 10 atom stereocenters. The van der Waals surface area contributed by atoms with Crippen LogP contribution in [0.4, 0.5) is 4.39 Å². The molecule has 2 saturated heterocycles. The third-order valence-electron chi connectivity index (χ3n) is 5.60. The van der Waals surface area contributed by atoms with Gasteiger partial charge in [0.15, 0.2) is 43.1 Å². The van der Waals surface area contributed by atoms with Crippen molar-refractivity contribution in [3.05, 3.63) is 0 Å². The second kappa shape index (κ2) is 15.0. The van der Waals surface area contributed by atoms with Gasteiger partial charge in [0.05, 0.1) is 0 Å². The van der Waals surface area contributed by atoms with Crippen LogP contribution in [-0.4, -0.2) is 116 Å². The minimum absolute atomic E-state index is 0.595. The van der Waals surface area contributed by atoms with Crippen LogP contribution >= 0.6 is 0 Å². The van der Waals surface area contributed by atoms with Crippen LogP contribution in [0.25, 0.3) is 0 Å². The Balaban J connectivity index is 2.60. The number of hydrogen-bond acceptors (Lipinski definition) is 16. The Bertz CT molecular complexity index is 987. The van der Waals surface area contributed by atoms with Crippen LogP contribution in [0.1, 0.15) is 41.5 Å². The van der Waals surface area contributed by atoms with Gasteiger partial charge in [-0.25, -0.2) is 4.39 Å². The van der Waals surface area contributed by atoms with E-state index in [1.165, 1.54) is 0 Å². The maximum absolute atomic E-state index is 14.2. The molecule has 0 aromatic carbocycles. The normalized spacial score (nSPS) is 33.1. The van der Waals surface area contributed by atoms with Gasteiger partial charge in [0, 0.05) is 41.5 Å². The minimum atomic E-state index is -1.90. The Morgan fingerprint density at radius 1 is 0.585 bits per heavy atom. The number of alkyl halides is 1.